The van der Waals surface area contributed by atoms with Crippen LogP contribution in [0.25, 0.3) is 0 Å². The van der Waals surface area contributed by atoms with Gasteiger partial charge in [0.1, 0.15) is 0 Å². The van der Waals surface area contributed by atoms with Gasteiger partial charge in [-0.05, 0) is 6.07 Å². The van der Waals surface area contributed by atoms with E-state index in [0.29, 0.717) is 0 Å². The molecule has 0 spiro atoms. The molecule has 1 aromatic rings. The number of hydrogen-bond donors (Lipinski definition) is 2. The molecule has 2 N–H and O–H groups in total. The first-order valence-corrected chi connectivity index (χ1v) is 3.37. The Morgan fingerprint density at radius 3 is 3.10 bits per heavy atom. The van der Waals surface area contributed by atoms with Crippen molar-refractivity contribution in [2.75, 3.05) is 17.7 Å². The molecule has 0 aliphatic carbocycles. The summed E-state index contributed by atoms with van der Waals surface area (Å²) in [5.41, 5.74) is 3.71. The number of hydrogen-bond acceptors (Lipinski definition) is 2. The molecule has 0 fully saturated rings. The van der Waals surface area contributed by atoms with E-state index in [1.165, 1.54) is 11.3 Å². The van der Waals surface area contributed by atoms with E-state index in [0.717, 1.165) is 12.2 Å². The van der Waals surface area contributed by atoms with Crippen molar-refractivity contribution in [2.24, 2.45) is 0 Å². The molecule has 1 heterocycles. The van der Waals surface area contributed by atoms with Gasteiger partial charge in [0.15, 0.2) is 0 Å². The molecule has 1 aliphatic heterocycles. The lowest BCUT2D eigenvalue weighted by Crippen LogP contribution is -2.15. The molecule has 1 aliphatic rings. The highest BCUT2D eigenvalue weighted by Crippen LogP contribution is 2.30. The van der Waals surface area contributed by atoms with Gasteiger partial charge in [-0.15, -0.1) is 0 Å². The topological polar surface area (TPSA) is 24.1 Å². The molecule has 2 heteroatoms. The molecule has 0 atom stereocenters. The summed E-state index contributed by atoms with van der Waals surface area (Å²) in [5.74, 6) is 0. The van der Waals surface area contributed by atoms with Gasteiger partial charge < -0.3 is 10.6 Å². The zero-order valence-electron chi connectivity index (χ0n) is 5.86. The van der Waals surface area contributed by atoms with Crippen LogP contribution < -0.4 is 10.6 Å². The molecular formula is C8H9N2. The van der Waals surface area contributed by atoms with Gasteiger partial charge in [-0.2, -0.15) is 0 Å². The van der Waals surface area contributed by atoms with Crippen LogP contribution >= 0.6 is 0 Å². The Kier molecular flexibility index (Phi) is 1.07. The summed E-state index contributed by atoms with van der Waals surface area (Å²) in [7, 11) is 1.94. The molecule has 1 radical (unpaired) electrons. The summed E-state index contributed by atoms with van der Waals surface area (Å²) >= 11 is 0. The van der Waals surface area contributed by atoms with E-state index in [9.17, 15) is 0 Å². The lowest BCUT2D eigenvalue weighted by molar-refractivity contribution is 1.05. The first-order chi connectivity index (χ1) is 4.92. The average molecular weight is 133 g/mol. The molecule has 0 saturated carbocycles. The van der Waals surface area contributed by atoms with Gasteiger partial charge in [-0.3, -0.25) is 0 Å². The van der Waals surface area contributed by atoms with Gasteiger partial charge >= 0.3 is 0 Å². The minimum absolute atomic E-state index is 0.975. The van der Waals surface area contributed by atoms with Crippen molar-refractivity contribution in [2.45, 2.75) is 6.54 Å². The first kappa shape index (κ1) is 5.59. The summed E-state index contributed by atoms with van der Waals surface area (Å²) in [6, 6.07) is 7.08. The first-order valence-electron chi connectivity index (χ1n) is 3.37. The van der Waals surface area contributed by atoms with Crippen LogP contribution in [-0.2, 0) is 6.54 Å². The average Bonchev–Trinajstić information content (AvgIpc) is 1.91. The van der Waals surface area contributed by atoms with Crippen LogP contribution in [0.15, 0.2) is 12.1 Å². The molecular weight excluding hydrogens is 124 g/mol. The fraction of sp³-hybridized carbons (Fsp3) is 0.250. The predicted molar refractivity (Wildman–Crippen MR) is 42.2 cm³/mol. The van der Waals surface area contributed by atoms with E-state index < -0.39 is 0 Å². The molecule has 0 amide bonds. The van der Waals surface area contributed by atoms with Crippen LogP contribution in [0, 0.1) is 6.07 Å². The quantitative estimate of drug-likeness (QED) is 0.606. The standard InChI is InChI=1S/C8H9N2/c1-9-7-3-2-4-8-6(7)5-10-8/h2-3,9-10H,5H2,1H3. The summed E-state index contributed by atoms with van der Waals surface area (Å²) in [6.45, 7) is 0.975. The summed E-state index contributed by atoms with van der Waals surface area (Å²) in [4.78, 5) is 0. The van der Waals surface area contributed by atoms with Crippen LogP contribution in [0.3, 0.4) is 0 Å². The van der Waals surface area contributed by atoms with E-state index in [2.05, 4.69) is 16.7 Å². The van der Waals surface area contributed by atoms with Crippen molar-refractivity contribution in [3.63, 3.8) is 0 Å². The third-order valence-electron chi connectivity index (χ3n) is 1.82. The van der Waals surface area contributed by atoms with Crippen LogP contribution in [0.2, 0.25) is 0 Å². The molecule has 0 unspecified atom stereocenters. The van der Waals surface area contributed by atoms with E-state index in [1.54, 1.807) is 0 Å². The maximum absolute atomic E-state index is 3.17. The molecule has 0 bridgehead atoms. The van der Waals surface area contributed by atoms with E-state index in [1.807, 2.05) is 19.2 Å². The molecule has 0 aromatic heterocycles. The van der Waals surface area contributed by atoms with Gasteiger partial charge in [-0.1, -0.05) is 6.07 Å². The molecule has 1 aromatic carbocycles. The Hall–Kier alpha value is -1.18. The van der Waals surface area contributed by atoms with Crippen molar-refractivity contribution in [3.8, 4) is 0 Å². The molecule has 10 heavy (non-hydrogen) atoms. The van der Waals surface area contributed by atoms with Crippen molar-refractivity contribution >= 4 is 11.4 Å². The molecule has 2 rings (SSSR count). The largest absolute Gasteiger partial charge is 0.388 e. The zero-order valence-corrected chi connectivity index (χ0v) is 5.86. The molecule has 0 saturated heterocycles. The summed E-state index contributed by atoms with van der Waals surface area (Å²) in [6.07, 6.45) is 0. The van der Waals surface area contributed by atoms with Crippen LogP contribution in [0.5, 0.6) is 0 Å². The highest BCUT2D eigenvalue weighted by atomic mass is 15.0. The maximum atomic E-state index is 3.17. The van der Waals surface area contributed by atoms with Crippen LogP contribution in [0.1, 0.15) is 5.56 Å². The van der Waals surface area contributed by atoms with E-state index in [-0.39, 0.29) is 0 Å². The van der Waals surface area contributed by atoms with Crippen molar-refractivity contribution < 1.29 is 0 Å². The second kappa shape index (κ2) is 1.90. The zero-order chi connectivity index (χ0) is 6.97. The summed E-state index contributed by atoms with van der Waals surface area (Å²) < 4.78 is 0. The Balaban J connectivity index is 2.51. The van der Waals surface area contributed by atoms with Crippen LogP contribution in [0.4, 0.5) is 11.4 Å². The Morgan fingerprint density at radius 2 is 2.60 bits per heavy atom. The Labute approximate surface area is 60.3 Å². The fourth-order valence-corrected chi connectivity index (χ4v) is 1.18. The molecule has 51 valence electrons. The number of fused-ring (bicyclic) bond motifs is 1. The Morgan fingerprint density at radius 1 is 1.70 bits per heavy atom. The minimum atomic E-state index is 0.975. The Bertz CT molecular complexity index is 255. The van der Waals surface area contributed by atoms with Crippen molar-refractivity contribution in [1.29, 1.82) is 0 Å². The van der Waals surface area contributed by atoms with Crippen molar-refractivity contribution in [1.82, 2.24) is 0 Å². The highest BCUT2D eigenvalue weighted by Gasteiger charge is 2.14. The monoisotopic (exact) mass is 133 g/mol. The van der Waals surface area contributed by atoms with Gasteiger partial charge in [0.25, 0.3) is 0 Å². The van der Waals surface area contributed by atoms with Gasteiger partial charge in [0, 0.05) is 36.6 Å². The predicted octanol–water partition coefficient (Wildman–Crippen LogP) is 1.45. The number of nitrogens with one attached hydrogen (secondary N) is 2. The second-order valence-corrected chi connectivity index (χ2v) is 2.35. The van der Waals surface area contributed by atoms with Gasteiger partial charge in [-0.25, -0.2) is 0 Å². The highest BCUT2D eigenvalue weighted by molar-refractivity contribution is 5.70. The van der Waals surface area contributed by atoms with Gasteiger partial charge in [0.05, 0.1) is 0 Å². The maximum Gasteiger partial charge on any atom is 0.0494 e. The lowest BCUT2D eigenvalue weighted by Gasteiger charge is -2.23. The van der Waals surface area contributed by atoms with E-state index in [4.69, 9.17) is 0 Å². The van der Waals surface area contributed by atoms with E-state index >= 15 is 0 Å². The third kappa shape index (κ3) is 0.588. The SMILES string of the molecule is CNc1cc[c]c2c1CN2. The number of rotatable bonds is 1. The number of benzene rings is 1. The fourth-order valence-electron chi connectivity index (χ4n) is 1.18. The number of anilines is 2. The van der Waals surface area contributed by atoms with Gasteiger partial charge in [0.2, 0.25) is 0 Å². The lowest BCUT2D eigenvalue weighted by atomic mass is 10.0. The third-order valence-corrected chi connectivity index (χ3v) is 1.82. The van der Waals surface area contributed by atoms with Crippen LogP contribution in [-0.4, -0.2) is 7.05 Å². The van der Waals surface area contributed by atoms with Crippen molar-refractivity contribution in [3.05, 3.63) is 23.8 Å². The smallest absolute Gasteiger partial charge is 0.0494 e. The minimum Gasteiger partial charge on any atom is -0.388 e. The normalized spacial score (nSPS) is 12.9. The summed E-state index contributed by atoms with van der Waals surface area (Å²) in [5, 5.41) is 6.30. The second-order valence-electron chi connectivity index (χ2n) is 2.35. The molecule has 2 nitrogen and oxygen atoms in total.